The summed E-state index contributed by atoms with van der Waals surface area (Å²) in [7, 11) is -1.39. The van der Waals surface area contributed by atoms with Gasteiger partial charge in [-0.25, -0.2) is 13.1 Å². The van der Waals surface area contributed by atoms with Gasteiger partial charge in [0.1, 0.15) is 0 Å². The molecule has 0 aromatic heterocycles. The number of hydrogen-bond donors (Lipinski definition) is 1. The third-order valence-electron chi connectivity index (χ3n) is 5.26. The van der Waals surface area contributed by atoms with Gasteiger partial charge in [0.05, 0.1) is 4.90 Å². The van der Waals surface area contributed by atoms with E-state index in [0.717, 1.165) is 30.5 Å². The molecule has 1 aliphatic heterocycles. The van der Waals surface area contributed by atoms with Gasteiger partial charge >= 0.3 is 0 Å². The Morgan fingerprint density at radius 2 is 1.96 bits per heavy atom. The average Bonchev–Trinajstić information content (AvgIpc) is 2.91. The molecule has 2 aromatic rings. The second-order valence-electron chi connectivity index (χ2n) is 6.89. The highest BCUT2D eigenvalue weighted by atomic mass is 32.2. The van der Waals surface area contributed by atoms with Gasteiger partial charge in [-0.3, -0.25) is 4.90 Å². The molecule has 5 heteroatoms. The minimum absolute atomic E-state index is 0.156. The molecular formula is C19H22N2O2S. The Kier molecular flexibility index (Phi) is 3.75. The highest BCUT2D eigenvalue weighted by molar-refractivity contribution is 7.89. The van der Waals surface area contributed by atoms with Crippen molar-refractivity contribution in [3.63, 3.8) is 0 Å². The number of aryl methyl sites for hydroxylation is 1. The van der Waals surface area contributed by atoms with Crippen molar-refractivity contribution in [2.45, 2.75) is 36.7 Å². The normalized spacial score (nSPS) is 23.2. The maximum absolute atomic E-state index is 12.8. The number of nitrogens with zero attached hydrogens (tertiary/aromatic N) is 1. The lowest BCUT2D eigenvalue weighted by atomic mass is 9.94. The monoisotopic (exact) mass is 342 g/mol. The standard InChI is InChI=1S/C19H22N2O2S/c1-13-5-3-7-15(11-13)24(22,23)20-17-12-18-19-14(9-10-21(18)2)6-4-8-16(17)19/h3-8,11,17-18,20H,9-10,12H2,1-2H3. The molecule has 0 radical (unpaired) electrons. The maximum atomic E-state index is 12.8. The van der Waals surface area contributed by atoms with Crippen LogP contribution in [0.2, 0.25) is 0 Å². The molecule has 2 aliphatic rings. The van der Waals surface area contributed by atoms with Crippen LogP contribution in [0.5, 0.6) is 0 Å². The van der Waals surface area contributed by atoms with Crippen molar-refractivity contribution >= 4 is 10.0 Å². The van der Waals surface area contributed by atoms with Crippen LogP contribution >= 0.6 is 0 Å². The van der Waals surface area contributed by atoms with Crippen molar-refractivity contribution < 1.29 is 8.42 Å². The molecule has 2 aromatic carbocycles. The third-order valence-corrected chi connectivity index (χ3v) is 6.73. The van der Waals surface area contributed by atoms with Crippen LogP contribution in [0.3, 0.4) is 0 Å². The number of hydrogen-bond acceptors (Lipinski definition) is 3. The number of nitrogens with one attached hydrogen (secondary N) is 1. The van der Waals surface area contributed by atoms with Crippen molar-refractivity contribution in [3.05, 3.63) is 64.7 Å². The molecule has 0 bridgehead atoms. The lowest BCUT2D eigenvalue weighted by molar-refractivity contribution is 0.224. The van der Waals surface area contributed by atoms with Gasteiger partial charge in [-0.05, 0) is 61.2 Å². The van der Waals surface area contributed by atoms with E-state index in [-0.39, 0.29) is 6.04 Å². The van der Waals surface area contributed by atoms with E-state index in [1.807, 2.05) is 13.0 Å². The van der Waals surface area contributed by atoms with Crippen LogP contribution in [-0.4, -0.2) is 26.9 Å². The summed E-state index contributed by atoms with van der Waals surface area (Å²) in [6.07, 6.45) is 1.83. The smallest absolute Gasteiger partial charge is 0.241 e. The van der Waals surface area contributed by atoms with Gasteiger partial charge < -0.3 is 0 Å². The first-order valence-corrected chi connectivity index (χ1v) is 9.85. The fraction of sp³-hybridized carbons (Fsp3) is 0.368. The first-order chi connectivity index (χ1) is 11.5. The van der Waals surface area contributed by atoms with E-state index in [1.54, 1.807) is 18.2 Å². The number of sulfonamides is 1. The van der Waals surface area contributed by atoms with E-state index >= 15 is 0 Å². The lowest BCUT2D eigenvalue weighted by Gasteiger charge is -2.31. The molecule has 2 unspecified atom stereocenters. The molecule has 0 saturated heterocycles. The van der Waals surface area contributed by atoms with E-state index in [0.29, 0.717) is 10.9 Å². The quantitative estimate of drug-likeness (QED) is 0.933. The van der Waals surface area contributed by atoms with Crippen LogP contribution in [0.1, 0.15) is 40.8 Å². The second-order valence-corrected chi connectivity index (χ2v) is 8.61. The van der Waals surface area contributed by atoms with Gasteiger partial charge in [-0.1, -0.05) is 30.3 Å². The predicted molar refractivity (Wildman–Crippen MR) is 94.4 cm³/mol. The summed E-state index contributed by atoms with van der Waals surface area (Å²) in [5.41, 5.74) is 4.79. The van der Waals surface area contributed by atoms with Crippen LogP contribution in [0.15, 0.2) is 47.4 Å². The zero-order chi connectivity index (χ0) is 16.9. The van der Waals surface area contributed by atoms with E-state index in [9.17, 15) is 8.42 Å². The largest absolute Gasteiger partial charge is 0.299 e. The predicted octanol–water partition coefficient (Wildman–Crippen LogP) is 2.95. The maximum Gasteiger partial charge on any atom is 0.241 e. The van der Waals surface area contributed by atoms with Gasteiger partial charge in [0, 0.05) is 18.6 Å². The van der Waals surface area contributed by atoms with Gasteiger partial charge in [0.2, 0.25) is 10.0 Å². The molecule has 4 nitrogen and oxygen atoms in total. The van der Waals surface area contributed by atoms with E-state index < -0.39 is 10.0 Å². The molecule has 2 atom stereocenters. The van der Waals surface area contributed by atoms with Crippen LogP contribution in [-0.2, 0) is 16.4 Å². The summed E-state index contributed by atoms with van der Waals surface area (Å²) >= 11 is 0. The lowest BCUT2D eigenvalue weighted by Crippen LogP contribution is -2.31. The molecule has 0 saturated carbocycles. The second kappa shape index (κ2) is 5.69. The van der Waals surface area contributed by atoms with Gasteiger partial charge in [0.25, 0.3) is 0 Å². The summed E-state index contributed by atoms with van der Waals surface area (Å²) in [4.78, 5) is 2.68. The Morgan fingerprint density at radius 3 is 2.75 bits per heavy atom. The van der Waals surface area contributed by atoms with Crippen LogP contribution in [0.4, 0.5) is 0 Å². The summed E-state index contributed by atoms with van der Waals surface area (Å²) < 4.78 is 28.5. The van der Waals surface area contributed by atoms with Crippen LogP contribution < -0.4 is 4.72 Å². The minimum atomic E-state index is -3.52. The first kappa shape index (κ1) is 15.8. The highest BCUT2D eigenvalue weighted by Crippen LogP contribution is 2.46. The molecule has 1 heterocycles. The van der Waals surface area contributed by atoms with Crippen molar-refractivity contribution in [1.29, 1.82) is 0 Å². The summed E-state index contributed by atoms with van der Waals surface area (Å²) in [6, 6.07) is 13.5. The van der Waals surface area contributed by atoms with Crippen molar-refractivity contribution in [1.82, 2.24) is 9.62 Å². The number of benzene rings is 2. The van der Waals surface area contributed by atoms with Crippen LogP contribution in [0.25, 0.3) is 0 Å². The van der Waals surface area contributed by atoms with Crippen molar-refractivity contribution in [2.24, 2.45) is 0 Å². The van der Waals surface area contributed by atoms with E-state index in [1.165, 1.54) is 11.1 Å². The Bertz CT molecular complexity index is 892. The van der Waals surface area contributed by atoms with Gasteiger partial charge in [-0.2, -0.15) is 0 Å². The topological polar surface area (TPSA) is 49.4 Å². The molecule has 1 aliphatic carbocycles. The zero-order valence-electron chi connectivity index (χ0n) is 14.0. The Morgan fingerprint density at radius 1 is 1.17 bits per heavy atom. The minimum Gasteiger partial charge on any atom is -0.299 e. The van der Waals surface area contributed by atoms with Gasteiger partial charge in [0.15, 0.2) is 0 Å². The third kappa shape index (κ3) is 2.57. The van der Waals surface area contributed by atoms with E-state index in [2.05, 4.69) is 34.9 Å². The summed E-state index contributed by atoms with van der Waals surface area (Å²) in [5, 5.41) is 0. The molecule has 4 rings (SSSR count). The fourth-order valence-corrected chi connectivity index (χ4v) is 5.36. The molecule has 126 valence electrons. The highest BCUT2D eigenvalue weighted by Gasteiger charge is 2.38. The summed E-state index contributed by atoms with van der Waals surface area (Å²) in [6.45, 7) is 2.93. The zero-order valence-corrected chi connectivity index (χ0v) is 14.8. The average molecular weight is 342 g/mol. The number of likely N-dealkylation sites (N-methyl/N-ethyl adjacent to an activating group) is 1. The SMILES string of the molecule is Cc1cccc(S(=O)(=O)NC2CC3c4c(cccc42)CCN3C)c1. The van der Waals surface area contributed by atoms with Crippen LogP contribution in [0, 0.1) is 6.92 Å². The Labute approximate surface area is 143 Å². The molecular weight excluding hydrogens is 320 g/mol. The van der Waals surface area contributed by atoms with Crippen molar-refractivity contribution in [2.75, 3.05) is 13.6 Å². The first-order valence-electron chi connectivity index (χ1n) is 8.36. The molecule has 24 heavy (non-hydrogen) atoms. The fourth-order valence-electron chi connectivity index (χ4n) is 4.03. The van der Waals surface area contributed by atoms with Gasteiger partial charge in [-0.15, -0.1) is 0 Å². The molecule has 1 N–H and O–H groups in total. The molecule has 0 spiro atoms. The Hall–Kier alpha value is -1.69. The van der Waals surface area contributed by atoms with E-state index in [4.69, 9.17) is 0 Å². The molecule has 0 amide bonds. The summed E-state index contributed by atoms with van der Waals surface area (Å²) in [5.74, 6) is 0. The molecule has 0 fully saturated rings. The number of rotatable bonds is 3. The Balaban J connectivity index is 1.69. The van der Waals surface area contributed by atoms with Crippen molar-refractivity contribution in [3.8, 4) is 0 Å².